The minimum Gasteiger partial charge on any atom is -0.397 e. The second-order valence-corrected chi connectivity index (χ2v) is 4.74. The maximum Gasteiger partial charge on any atom is 0.0579 e. The van der Waals surface area contributed by atoms with Crippen molar-refractivity contribution in [2.75, 3.05) is 17.6 Å². The first-order valence-corrected chi connectivity index (χ1v) is 5.76. The zero-order valence-electron chi connectivity index (χ0n) is 9.64. The van der Waals surface area contributed by atoms with Crippen molar-refractivity contribution in [3.05, 3.63) is 23.8 Å². The summed E-state index contributed by atoms with van der Waals surface area (Å²) in [5.41, 5.74) is 9.72. The van der Waals surface area contributed by atoms with Crippen LogP contribution in [0.5, 0.6) is 0 Å². The van der Waals surface area contributed by atoms with Crippen LogP contribution in [-0.4, -0.2) is 6.54 Å². The lowest BCUT2D eigenvalue weighted by atomic mass is 10.0. The lowest BCUT2D eigenvalue weighted by Gasteiger charge is -2.16. The number of nitrogen functional groups attached to an aromatic ring is 1. The number of nitrogens with two attached hydrogens (primary N) is 1. The molecule has 0 amide bonds. The van der Waals surface area contributed by atoms with Gasteiger partial charge in [0.15, 0.2) is 0 Å². The Labute approximate surface area is 91.9 Å². The average molecular weight is 204 g/mol. The van der Waals surface area contributed by atoms with Gasteiger partial charge >= 0.3 is 0 Å². The second kappa shape index (κ2) is 3.76. The lowest BCUT2D eigenvalue weighted by molar-refractivity contribution is 0.521. The van der Waals surface area contributed by atoms with Gasteiger partial charge in [-0.1, -0.05) is 19.1 Å². The molecule has 0 aromatic heterocycles. The summed E-state index contributed by atoms with van der Waals surface area (Å²) in [5.74, 6) is 0. The van der Waals surface area contributed by atoms with E-state index in [0.29, 0.717) is 5.41 Å². The van der Waals surface area contributed by atoms with Gasteiger partial charge in [0.1, 0.15) is 0 Å². The number of aryl methyl sites for hydroxylation is 1. The largest absolute Gasteiger partial charge is 0.397 e. The summed E-state index contributed by atoms with van der Waals surface area (Å²) in [7, 11) is 0. The molecular weight excluding hydrogens is 184 g/mol. The highest BCUT2D eigenvalue weighted by atomic mass is 14.9. The summed E-state index contributed by atoms with van der Waals surface area (Å²) in [5, 5.41) is 3.48. The molecule has 82 valence electrons. The van der Waals surface area contributed by atoms with Crippen molar-refractivity contribution < 1.29 is 0 Å². The summed E-state index contributed by atoms with van der Waals surface area (Å²) < 4.78 is 0. The van der Waals surface area contributed by atoms with Crippen LogP contribution in [0.3, 0.4) is 0 Å². The molecule has 1 aromatic carbocycles. The van der Waals surface area contributed by atoms with Gasteiger partial charge in [-0.15, -0.1) is 0 Å². The molecule has 0 heterocycles. The third-order valence-corrected chi connectivity index (χ3v) is 3.69. The molecule has 0 atom stereocenters. The van der Waals surface area contributed by atoms with E-state index in [2.05, 4.69) is 24.4 Å². The quantitative estimate of drug-likeness (QED) is 0.739. The highest BCUT2D eigenvalue weighted by Crippen LogP contribution is 2.48. The fourth-order valence-electron chi connectivity index (χ4n) is 1.95. The monoisotopic (exact) mass is 204 g/mol. The SMILES string of the molecule is CCC1(CNc2cccc(C)c2N)CC1. The average Bonchev–Trinajstić information content (AvgIpc) is 3.01. The van der Waals surface area contributed by atoms with Crippen LogP contribution in [-0.2, 0) is 0 Å². The fraction of sp³-hybridized carbons (Fsp3) is 0.538. The van der Waals surface area contributed by atoms with Crippen LogP contribution in [0.4, 0.5) is 11.4 Å². The summed E-state index contributed by atoms with van der Waals surface area (Å²) in [6.45, 7) is 5.39. The minimum absolute atomic E-state index is 0.566. The Hall–Kier alpha value is -1.18. The molecule has 0 aliphatic heterocycles. The maximum absolute atomic E-state index is 6.01. The van der Waals surface area contributed by atoms with Gasteiger partial charge in [-0.25, -0.2) is 0 Å². The normalized spacial score (nSPS) is 17.5. The van der Waals surface area contributed by atoms with Crippen LogP contribution in [0.2, 0.25) is 0 Å². The van der Waals surface area contributed by atoms with Crippen LogP contribution < -0.4 is 11.1 Å². The molecule has 0 saturated heterocycles. The predicted octanol–water partition coefficient (Wildman–Crippen LogP) is 3.18. The summed E-state index contributed by atoms with van der Waals surface area (Å²) >= 11 is 0. The number of anilines is 2. The van der Waals surface area contributed by atoms with Crippen molar-refractivity contribution in [2.45, 2.75) is 33.1 Å². The molecule has 1 aromatic rings. The Kier molecular flexibility index (Phi) is 2.59. The van der Waals surface area contributed by atoms with Crippen LogP contribution in [0, 0.1) is 12.3 Å². The Morgan fingerprint density at radius 3 is 2.73 bits per heavy atom. The van der Waals surface area contributed by atoms with Crippen LogP contribution in [0.25, 0.3) is 0 Å². The Balaban J connectivity index is 2.02. The molecular formula is C13H20N2. The van der Waals surface area contributed by atoms with E-state index in [4.69, 9.17) is 5.73 Å². The van der Waals surface area contributed by atoms with E-state index in [9.17, 15) is 0 Å². The molecule has 0 spiro atoms. The third kappa shape index (κ3) is 2.09. The zero-order valence-corrected chi connectivity index (χ0v) is 9.64. The summed E-state index contributed by atoms with van der Waals surface area (Å²) in [6.07, 6.45) is 4.00. The van der Waals surface area contributed by atoms with Crippen LogP contribution in [0.1, 0.15) is 31.7 Å². The fourth-order valence-corrected chi connectivity index (χ4v) is 1.95. The molecule has 0 radical (unpaired) electrons. The van der Waals surface area contributed by atoms with E-state index in [1.54, 1.807) is 0 Å². The van der Waals surface area contributed by atoms with Gasteiger partial charge in [0.05, 0.1) is 11.4 Å². The number of hydrogen-bond donors (Lipinski definition) is 2. The Bertz CT molecular complexity index is 354. The summed E-state index contributed by atoms with van der Waals surface area (Å²) in [4.78, 5) is 0. The Morgan fingerprint density at radius 2 is 2.13 bits per heavy atom. The number of benzene rings is 1. The molecule has 1 fully saturated rings. The van der Waals surface area contributed by atoms with Crippen molar-refractivity contribution in [3.8, 4) is 0 Å². The summed E-state index contributed by atoms with van der Waals surface area (Å²) in [6, 6.07) is 6.17. The van der Waals surface area contributed by atoms with Gasteiger partial charge in [-0.05, 0) is 43.2 Å². The van der Waals surface area contributed by atoms with Gasteiger partial charge in [0, 0.05) is 6.54 Å². The third-order valence-electron chi connectivity index (χ3n) is 3.69. The molecule has 3 N–H and O–H groups in total. The highest BCUT2D eigenvalue weighted by molar-refractivity contribution is 5.69. The lowest BCUT2D eigenvalue weighted by Crippen LogP contribution is -2.15. The molecule has 15 heavy (non-hydrogen) atoms. The first-order valence-electron chi connectivity index (χ1n) is 5.76. The first kappa shape index (κ1) is 10.3. The van der Waals surface area contributed by atoms with Gasteiger partial charge in [-0.2, -0.15) is 0 Å². The first-order chi connectivity index (χ1) is 7.17. The molecule has 0 unspecified atom stereocenters. The molecule has 2 nitrogen and oxygen atoms in total. The van der Waals surface area contributed by atoms with E-state index >= 15 is 0 Å². The van der Waals surface area contributed by atoms with Crippen molar-refractivity contribution in [1.82, 2.24) is 0 Å². The maximum atomic E-state index is 6.01. The molecule has 2 heteroatoms. The second-order valence-electron chi connectivity index (χ2n) is 4.74. The molecule has 1 saturated carbocycles. The van der Waals surface area contributed by atoms with Crippen molar-refractivity contribution >= 4 is 11.4 Å². The van der Waals surface area contributed by atoms with Crippen molar-refractivity contribution in [1.29, 1.82) is 0 Å². The van der Waals surface area contributed by atoms with E-state index in [0.717, 1.165) is 23.5 Å². The predicted molar refractivity (Wildman–Crippen MR) is 66.0 cm³/mol. The molecule has 1 aliphatic rings. The van der Waals surface area contributed by atoms with Crippen LogP contribution >= 0.6 is 0 Å². The van der Waals surface area contributed by atoms with E-state index in [1.807, 2.05) is 13.0 Å². The van der Waals surface area contributed by atoms with Crippen molar-refractivity contribution in [2.24, 2.45) is 5.41 Å². The van der Waals surface area contributed by atoms with E-state index < -0.39 is 0 Å². The molecule has 0 bridgehead atoms. The zero-order chi connectivity index (χ0) is 10.9. The number of para-hydroxylation sites is 1. The Morgan fingerprint density at radius 1 is 1.40 bits per heavy atom. The van der Waals surface area contributed by atoms with Gasteiger partial charge in [-0.3, -0.25) is 0 Å². The van der Waals surface area contributed by atoms with E-state index in [-0.39, 0.29) is 0 Å². The standard InChI is InChI=1S/C13H20N2/c1-3-13(7-8-13)9-15-11-6-4-5-10(2)12(11)14/h4-6,15H,3,7-9,14H2,1-2H3. The number of rotatable bonds is 4. The number of nitrogens with one attached hydrogen (secondary N) is 1. The van der Waals surface area contributed by atoms with Crippen molar-refractivity contribution in [3.63, 3.8) is 0 Å². The molecule has 1 aliphatic carbocycles. The van der Waals surface area contributed by atoms with E-state index in [1.165, 1.54) is 19.3 Å². The van der Waals surface area contributed by atoms with Gasteiger partial charge in [0.25, 0.3) is 0 Å². The smallest absolute Gasteiger partial charge is 0.0579 e. The van der Waals surface area contributed by atoms with Gasteiger partial charge < -0.3 is 11.1 Å². The topological polar surface area (TPSA) is 38.0 Å². The minimum atomic E-state index is 0.566. The highest BCUT2D eigenvalue weighted by Gasteiger charge is 2.40. The number of hydrogen-bond acceptors (Lipinski definition) is 2. The van der Waals surface area contributed by atoms with Gasteiger partial charge in [0.2, 0.25) is 0 Å². The molecule has 2 rings (SSSR count). The van der Waals surface area contributed by atoms with Crippen LogP contribution in [0.15, 0.2) is 18.2 Å².